The third kappa shape index (κ3) is 2.98. The zero-order chi connectivity index (χ0) is 11.3. The summed E-state index contributed by atoms with van der Waals surface area (Å²) in [4.78, 5) is 21.7. The summed E-state index contributed by atoms with van der Waals surface area (Å²) < 4.78 is 4.32. The molecule has 0 heterocycles. The Bertz CT molecular complexity index is 350. The molecular formula is C10H10NO4-. The molecule has 5 nitrogen and oxygen atoms in total. The smallest absolute Gasteiger partial charge is 0.334 e. The van der Waals surface area contributed by atoms with Crippen molar-refractivity contribution < 1.29 is 19.4 Å². The maximum atomic E-state index is 11.1. The predicted molar refractivity (Wildman–Crippen MR) is 50.9 cm³/mol. The van der Waals surface area contributed by atoms with E-state index < -0.39 is 18.0 Å². The van der Waals surface area contributed by atoms with Gasteiger partial charge in [-0.2, -0.15) is 0 Å². The quantitative estimate of drug-likeness (QED) is 0.527. The number of hydrogen-bond acceptors (Lipinski definition) is 5. The van der Waals surface area contributed by atoms with Gasteiger partial charge in [0.15, 0.2) is 6.04 Å². The standard InChI is InChI=1S/C10H11NO4/c1-15-10(14)8(9(12)13)11-7-5-3-2-4-6-7/h2-6,8,11H,1H3,(H,12,13)/p-1/t8-/m1/s1. The fraction of sp³-hybridized carbons (Fsp3) is 0.200. The van der Waals surface area contributed by atoms with Crippen LogP contribution in [0.3, 0.4) is 0 Å². The van der Waals surface area contributed by atoms with E-state index in [9.17, 15) is 14.7 Å². The molecule has 80 valence electrons. The molecular weight excluding hydrogens is 198 g/mol. The Morgan fingerprint density at radius 2 is 1.93 bits per heavy atom. The predicted octanol–water partition coefficient (Wildman–Crippen LogP) is -0.610. The van der Waals surface area contributed by atoms with E-state index in [1.165, 1.54) is 0 Å². The molecule has 1 aromatic carbocycles. The molecule has 15 heavy (non-hydrogen) atoms. The number of carboxylic acids is 1. The van der Waals surface area contributed by atoms with Crippen molar-refractivity contribution in [3.05, 3.63) is 30.3 Å². The second kappa shape index (κ2) is 4.99. The van der Waals surface area contributed by atoms with Gasteiger partial charge in [-0.1, -0.05) is 18.2 Å². The third-order valence-corrected chi connectivity index (χ3v) is 1.76. The number of carbonyl (C=O) groups is 2. The molecule has 1 aromatic rings. The summed E-state index contributed by atoms with van der Waals surface area (Å²) in [7, 11) is 1.12. The Morgan fingerprint density at radius 1 is 1.33 bits per heavy atom. The molecule has 1 atom stereocenters. The van der Waals surface area contributed by atoms with Crippen LogP contribution >= 0.6 is 0 Å². The van der Waals surface area contributed by atoms with Crippen molar-refractivity contribution in [3.8, 4) is 0 Å². The van der Waals surface area contributed by atoms with Crippen LogP contribution in [0.5, 0.6) is 0 Å². The average molecular weight is 208 g/mol. The minimum Gasteiger partial charge on any atom is -0.547 e. The highest BCUT2D eigenvalue weighted by Crippen LogP contribution is 2.07. The zero-order valence-corrected chi connectivity index (χ0v) is 8.10. The monoisotopic (exact) mass is 208 g/mol. The molecule has 0 saturated carbocycles. The maximum absolute atomic E-state index is 11.1. The van der Waals surface area contributed by atoms with E-state index in [1.54, 1.807) is 30.3 Å². The van der Waals surface area contributed by atoms with Crippen molar-refractivity contribution >= 4 is 17.6 Å². The summed E-state index contributed by atoms with van der Waals surface area (Å²) >= 11 is 0. The van der Waals surface area contributed by atoms with Crippen LogP contribution in [0.15, 0.2) is 30.3 Å². The molecule has 0 bridgehead atoms. The van der Waals surface area contributed by atoms with E-state index in [0.717, 1.165) is 7.11 Å². The molecule has 0 saturated heterocycles. The second-order valence-electron chi connectivity index (χ2n) is 2.79. The van der Waals surface area contributed by atoms with Crippen molar-refractivity contribution in [1.82, 2.24) is 0 Å². The lowest BCUT2D eigenvalue weighted by Crippen LogP contribution is -2.46. The number of carbonyl (C=O) groups excluding carboxylic acids is 2. The number of hydrogen-bond donors (Lipinski definition) is 1. The highest BCUT2D eigenvalue weighted by Gasteiger charge is 2.19. The molecule has 0 aliphatic rings. The number of carboxylic acid groups (broad SMARTS) is 1. The third-order valence-electron chi connectivity index (χ3n) is 1.76. The summed E-state index contributed by atoms with van der Waals surface area (Å²) in [5, 5.41) is 13.1. The van der Waals surface area contributed by atoms with Crippen molar-refractivity contribution in [2.24, 2.45) is 0 Å². The SMILES string of the molecule is COC(=O)[C@H](Nc1ccccc1)C(=O)[O-]. The van der Waals surface area contributed by atoms with E-state index in [0.29, 0.717) is 5.69 Å². The molecule has 0 radical (unpaired) electrons. The van der Waals surface area contributed by atoms with Crippen molar-refractivity contribution in [2.45, 2.75) is 6.04 Å². The molecule has 0 fully saturated rings. The van der Waals surface area contributed by atoms with Gasteiger partial charge in [0, 0.05) is 5.69 Å². The van der Waals surface area contributed by atoms with Crippen molar-refractivity contribution in [1.29, 1.82) is 0 Å². The van der Waals surface area contributed by atoms with E-state index in [2.05, 4.69) is 10.1 Å². The number of methoxy groups -OCH3 is 1. The van der Waals surface area contributed by atoms with Gasteiger partial charge in [0.25, 0.3) is 0 Å². The second-order valence-corrected chi connectivity index (χ2v) is 2.79. The number of ether oxygens (including phenoxy) is 1. The number of anilines is 1. The van der Waals surface area contributed by atoms with Gasteiger partial charge in [-0.3, -0.25) is 0 Å². The van der Waals surface area contributed by atoms with Crippen LogP contribution in [-0.2, 0) is 14.3 Å². The number of benzene rings is 1. The molecule has 0 aliphatic heterocycles. The van der Waals surface area contributed by atoms with Gasteiger partial charge in [-0.05, 0) is 12.1 Å². The fourth-order valence-electron chi connectivity index (χ4n) is 1.03. The number of nitrogens with one attached hydrogen (secondary N) is 1. The minimum absolute atomic E-state index is 0.511. The first-order chi connectivity index (χ1) is 7.15. The fourth-order valence-corrected chi connectivity index (χ4v) is 1.03. The Morgan fingerprint density at radius 3 is 2.40 bits per heavy atom. The van der Waals surface area contributed by atoms with Crippen LogP contribution in [0.2, 0.25) is 0 Å². The number of aliphatic carboxylic acids is 1. The van der Waals surface area contributed by atoms with E-state index >= 15 is 0 Å². The summed E-state index contributed by atoms with van der Waals surface area (Å²) in [5.41, 5.74) is 0.511. The Labute approximate surface area is 86.7 Å². The normalized spacial score (nSPS) is 11.5. The van der Waals surface area contributed by atoms with Gasteiger partial charge in [0.1, 0.15) is 0 Å². The van der Waals surface area contributed by atoms with Gasteiger partial charge < -0.3 is 20.0 Å². The van der Waals surface area contributed by atoms with Gasteiger partial charge in [0.05, 0.1) is 13.1 Å². The number of esters is 1. The topological polar surface area (TPSA) is 78.5 Å². The summed E-state index contributed by atoms with van der Waals surface area (Å²) in [6.45, 7) is 0. The first-order valence-corrected chi connectivity index (χ1v) is 4.25. The van der Waals surface area contributed by atoms with E-state index in [-0.39, 0.29) is 0 Å². The van der Waals surface area contributed by atoms with Gasteiger partial charge in [-0.15, -0.1) is 0 Å². The molecule has 0 aliphatic carbocycles. The minimum atomic E-state index is -1.52. The van der Waals surface area contributed by atoms with E-state index in [1.807, 2.05) is 0 Å². The summed E-state index contributed by atoms with van der Waals surface area (Å²) in [5.74, 6) is -2.41. The molecule has 0 unspecified atom stereocenters. The van der Waals surface area contributed by atoms with Crippen LogP contribution in [-0.4, -0.2) is 25.1 Å². The van der Waals surface area contributed by atoms with Gasteiger partial charge in [-0.25, -0.2) is 4.79 Å². The lowest BCUT2D eigenvalue weighted by Gasteiger charge is -2.18. The number of rotatable bonds is 4. The average Bonchev–Trinajstić information content (AvgIpc) is 2.26. The van der Waals surface area contributed by atoms with Crippen LogP contribution in [0.4, 0.5) is 5.69 Å². The maximum Gasteiger partial charge on any atom is 0.334 e. The van der Waals surface area contributed by atoms with Gasteiger partial charge in [0.2, 0.25) is 0 Å². The first-order valence-electron chi connectivity index (χ1n) is 4.25. The van der Waals surface area contributed by atoms with Gasteiger partial charge >= 0.3 is 5.97 Å². The van der Waals surface area contributed by atoms with E-state index in [4.69, 9.17) is 0 Å². The van der Waals surface area contributed by atoms with Crippen LogP contribution in [0, 0.1) is 0 Å². The Kier molecular flexibility index (Phi) is 3.68. The Hall–Kier alpha value is -2.04. The van der Waals surface area contributed by atoms with Crippen LogP contribution in [0.1, 0.15) is 0 Å². The molecule has 1 N–H and O–H groups in total. The Balaban J connectivity index is 2.76. The first kappa shape index (κ1) is 11.0. The van der Waals surface area contributed by atoms with Crippen molar-refractivity contribution in [3.63, 3.8) is 0 Å². The zero-order valence-electron chi connectivity index (χ0n) is 8.10. The molecule has 1 rings (SSSR count). The molecule has 0 amide bonds. The molecule has 0 spiro atoms. The highest BCUT2D eigenvalue weighted by molar-refractivity contribution is 6.00. The largest absolute Gasteiger partial charge is 0.547 e. The highest BCUT2D eigenvalue weighted by atomic mass is 16.5. The summed E-state index contributed by atoms with van der Waals surface area (Å²) in [6.07, 6.45) is 0. The number of para-hydroxylation sites is 1. The van der Waals surface area contributed by atoms with Crippen molar-refractivity contribution in [2.75, 3.05) is 12.4 Å². The van der Waals surface area contributed by atoms with Crippen LogP contribution < -0.4 is 10.4 Å². The lowest BCUT2D eigenvalue weighted by atomic mass is 10.2. The molecule has 5 heteroatoms. The summed E-state index contributed by atoms with van der Waals surface area (Å²) in [6, 6.07) is 6.99. The molecule has 0 aromatic heterocycles. The lowest BCUT2D eigenvalue weighted by molar-refractivity contribution is -0.306. The van der Waals surface area contributed by atoms with Crippen LogP contribution in [0.25, 0.3) is 0 Å².